The van der Waals surface area contributed by atoms with Crippen molar-refractivity contribution in [2.24, 2.45) is 0 Å². The van der Waals surface area contributed by atoms with Crippen LogP contribution < -0.4 is 10.7 Å². The SMILES string of the molecule is Cc1ccc(C)c(NC(=O)CN2CCc3[nH]c4c(F)c(Cl)ccc4c(=O)c3C2)c1. The summed E-state index contributed by atoms with van der Waals surface area (Å²) in [6.07, 6.45) is 0.531. The second kappa shape index (κ2) is 7.61. The van der Waals surface area contributed by atoms with E-state index in [1.807, 2.05) is 36.9 Å². The Hall–Kier alpha value is -2.70. The molecule has 29 heavy (non-hydrogen) atoms. The molecule has 0 aliphatic carbocycles. The summed E-state index contributed by atoms with van der Waals surface area (Å²) in [5.41, 5.74) is 4.06. The fourth-order valence-electron chi connectivity index (χ4n) is 3.74. The number of rotatable bonds is 3. The molecule has 3 aromatic rings. The third-order valence-corrected chi connectivity index (χ3v) is 5.64. The van der Waals surface area contributed by atoms with Crippen LogP contribution in [-0.2, 0) is 17.8 Å². The fraction of sp³-hybridized carbons (Fsp3) is 0.273. The van der Waals surface area contributed by atoms with Gasteiger partial charge in [-0.3, -0.25) is 14.5 Å². The Bertz CT molecular complexity index is 1190. The van der Waals surface area contributed by atoms with Crippen molar-refractivity contribution in [1.82, 2.24) is 9.88 Å². The summed E-state index contributed by atoms with van der Waals surface area (Å²) in [7, 11) is 0. The van der Waals surface area contributed by atoms with Crippen molar-refractivity contribution < 1.29 is 9.18 Å². The molecule has 0 atom stereocenters. The summed E-state index contributed by atoms with van der Waals surface area (Å²) in [5.74, 6) is -0.739. The zero-order valence-electron chi connectivity index (χ0n) is 16.2. The van der Waals surface area contributed by atoms with E-state index in [0.29, 0.717) is 30.8 Å². The van der Waals surface area contributed by atoms with Gasteiger partial charge < -0.3 is 10.3 Å². The number of aryl methyl sites for hydroxylation is 2. The molecule has 0 radical (unpaired) electrons. The lowest BCUT2D eigenvalue weighted by atomic mass is 10.0. The standard InChI is InChI=1S/C22H21ClFN3O2/c1-12-3-4-13(2)18(9-12)25-19(28)11-27-8-7-17-15(10-27)22(29)14-5-6-16(23)20(24)21(14)26-17/h3-6,9H,7-8,10-11H2,1-2H3,(H,25,28)(H,26,29). The van der Waals surface area contributed by atoms with E-state index in [2.05, 4.69) is 10.3 Å². The number of pyridine rings is 1. The van der Waals surface area contributed by atoms with Crippen molar-refractivity contribution in [3.63, 3.8) is 0 Å². The zero-order chi connectivity index (χ0) is 20.7. The number of H-pyrrole nitrogens is 1. The number of nitrogens with zero attached hydrogens (tertiary/aromatic N) is 1. The maximum Gasteiger partial charge on any atom is 0.238 e. The van der Waals surface area contributed by atoms with E-state index >= 15 is 0 Å². The predicted molar refractivity (Wildman–Crippen MR) is 113 cm³/mol. The van der Waals surface area contributed by atoms with Gasteiger partial charge in [-0.25, -0.2) is 4.39 Å². The molecule has 0 saturated heterocycles. The van der Waals surface area contributed by atoms with E-state index in [-0.39, 0.29) is 33.8 Å². The monoisotopic (exact) mass is 413 g/mol. The Kier molecular flexibility index (Phi) is 5.15. The fourth-order valence-corrected chi connectivity index (χ4v) is 3.90. The van der Waals surface area contributed by atoms with Crippen LogP contribution in [0.2, 0.25) is 5.02 Å². The normalized spacial score (nSPS) is 14.1. The molecule has 2 aromatic carbocycles. The molecule has 2 N–H and O–H groups in total. The van der Waals surface area contributed by atoms with Gasteiger partial charge in [-0.05, 0) is 43.2 Å². The molecule has 0 bridgehead atoms. The molecule has 0 saturated carbocycles. The molecule has 1 aliphatic rings. The van der Waals surface area contributed by atoms with Crippen molar-refractivity contribution in [2.75, 3.05) is 18.4 Å². The number of aromatic nitrogens is 1. The molecular formula is C22H21ClFN3O2. The molecular weight excluding hydrogens is 393 g/mol. The third kappa shape index (κ3) is 3.78. The lowest BCUT2D eigenvalue weighted by Crippen LogP contribution is -2.39. The van der Waals surface area contributed by atoms with Gasteiger partial charge in [0.1, 0.15) is 0 Å². The first-order valence-corrected chi connectivity index (χ1v) is 9.82. The van der Waals surface area contributed by atoms with Crippen LogP contribution in [0.4, 0.5) is 10.1 Å². The molecule has 1 aromatic heterocycles. The second-order valence-corrected chi connectivity index (χ2v) is 7.93. The van der Waals surface area contributed by atoms with E-state index in [9.17, 15) is 14.0 Å². The number of benzene rings is 2. The van der Waals surface area contributed by atoms with Crippen LogP contribution in [0.3, 0.4) is 0 Å². The Balaban J connectivity index is 1.55. The minimum absolute atomic E-state index is 0.0198. The van der Waals surface area contributed by atoms with Crippen molar-refractivity contribution in [3.05, 3.63) is 73.8 Å². The zero-order valence-corrected chi connectivity index (χ0v) is 17.0. The van der Waals surface area contributed by atoms with Crippen molar-refractivity contribution in [3.8, 4) is 0 Å². The van der Waals surface area contributed by atoms with Gasteiger partial charge in [0.2, 0.25) is 5.91 Å². The van der Waals surface area contributed by atoms with Gasteiger partial charge in [-0.1, -0.05) is 23.7 Å². The smallest absolute Gasteiger partial charge is 0.238 e. The lowest BCUT2D eigenvalue weighted by molar-refractivity contribution is -0.117. The molecule has 1 aliphatic heterocycles. The molecule has 0 unspecified atom stereocenters. The number of anilines is 1. The van der Waals surface area contributed by atoms with E-state index in [1.165, 1.54) is 12.1 Å². The summed E-state index contributed by atoms with van der Waals surface area (Å²) in [6, 6.07) is 8.83. The van der Waals surface area contributed by atoms with Crippen molar-refractivity contribution in [2.45, 2.75) is 26.8 Å². The molecule has 2 heterocycles. The Morgan fingerprint density at radius 3 is 2.86 bits per heavy atom. The first-order chi connectivity index (χ1) is 13.8. The summed E-state index contributed by atoms with van der Waals surface area (Å²) < 4.78 is 14.3. The minimum atomic E-state index is -0.612. The number of hydrogen-bond acceptors (Lipinski definition) is 3. The molecule has 4 rings (SSSR count). The summed E-state index contributed by atoms with van der Waals surface area (Å²) >= 11 is 5.84. The van der Waals surface area contributed by atoms with Crippen molar-refractivity contribution in [1.29, 1.82) is 0 Å². The van der Waals surface area contributed by atoms with Crippen LogP contribution in [0.15, 0.2) is 35.1 Å². The minimum Gasteiger partial charge on any atom is -0.355 e. The first-order valence-electron chi connectivity index (χ1n) is 9.44. The van der Waals surface area contributed by atoms with Gasteiger partial charge in [-0.2, -0.15) is 0 Å². The van der Waals surface area contributed by atoms with Gasteiger partial charge in [0.05, 0.1) is 17.1 Å². The van der Waals surface area contributed by atoms with Crippen LogP contribution in [0.5, 0.6) is 0 Å². The van der Waals surface area contributed by atoms with E-state index in [1.54, 1.807) is 0 Å². The Morgan fingerprint density at radius 1 is 1.28 bits per heavy atom. The highest BCUT2D eigenvalue weighted by atomic mass is 35.5. The van der Waals surface area contributed by atoms with Gasteiger partial charge in [-0.15, -0.1) is 0 Å². The molecule has 0 spiro atoms. The predicted octanol–water partition coefficient (Wildman–Crippen LogP) is 3.93. The summed E-state index contributed by atoms with van der Waals surface area (Å²) in [4.78, 5) is 30.4. The maximum absolute atomic E-state index is 14.3. The third-order valence-electron chi connectivity index (χ3n) is 5.35. The van der Waals surface area contributed by atoms with Gasteiger partial charge in [0.25, 0.3) is 0 Å². The van der Waals surface area contributed by atoms with Gasteiger partial charge in [0, 0.05) is 41.8 Å². The number of amides is 1. The highest BCUT2D eigenvalue weighted by molar-refractivity contribution is 6.31. The van der Waals surface area contributed by atoms with Gasteiger partial charge >= 0.3 is 0 Å². The van der Waals surface area contributed by atoms with Crippen LogP contribution in [0.1, 0.15) is 22.4 Å². The highest BCUT2D eigenvalue weighted by Crippen LogP contribution is 2.24. The first kappa shape index (κ1) is 19.6. The molecule has 1 amide bonds. The van der Waals surface area contributed by atoms with Crippen LogP contribution in [0, 0.1) is 19.7 Å². The van der Waals surface area contributed by atoms with Gasteiger partial charge in [0.15, 0.2) is 11.2 Å². The quantitative estimate of drug-likeness (QED) is 0.683. The molecule has 150 valence electrons. The number of fused-ring (bicyclic) bond motifs is 2. The van der Waals surface area contributed by atoms with Crippen LogP contribution >= 0.6 is 11.6 Å². The number of halogens is 2. The average molecular weight is 414 g/mol. The van der Waals surface area contributed by atoms with E-state index in [0.717, 1.165) is 16.8 Å². The topological polar surface area (TPSA) is 65.2 Å². The highest BCUT2D eigenvalue weighted by Gasteiger charge is 2.23. The molecule has 0 fully saturated rings. The Labute approximate surface area is 172 Å². The number of carbonyl (C=O) groups excluding carboxylic acids is 1. The number of aromatic amines is 1. The number of carbonyl (C=O) groups is 1. The summed E-state index contributed by atoms with van der Waals surface area (Å²) in [6.45, 7) is 5.03. The van der Waals surface area contributed by atoms with Crippen molar-refractivity contribution >= 4 is 34.1 Å². The van der Waals surface area contributed by atoms with E-state index in [4.69, 9.17) is 11.6 Å². The molecule has 7 heteroatoms. The van der Waals surface area contributed by atoms with Crippen LogP contribution in [-0.4, -0.2) is 28.9 Å². The number of nitrogens with one attached hydrogen (secondary N) is 2. The second-order valence-electron chi connectivity index (χ2n) is 7.52. The number of hydrogen-bond donors (Lipinski definition) is 2. The van der Waals surface area contributed by atoms with E-state index < -0.39 is 5.82 Å². The summed E-state index contributed by atoms with van der Waals surface area (Å²) in [5, 5.41) is 3.20. The van der Waals surface area contributed by atoms with Crippen LogP contribution in [0.25, 0.3) is 10.9 Å². The Morgan fingerprint density at radius 2 is 2.07 bits per heavy atom. The lowest BCUT2D eigenvalue weighted by Gasteiger charge is -2.28. The molecule has 5 nitrogen and oxygen atoms in total. The largest absolute Gasteiger partial charge is 0.355 e. The maximum atomic E-state index is 14.3. The average Bonchev–Trinajstić information content (AvgIpc) is 2.68.